The highest BCUT2D eigenvalue weighted by molar-refractivity contribution is 7.22. The standard InChI is InChI=1S/C20H20N4O2S/c1-23-14-6-4-3-5-13(14)21-19(23)20-22-17-16(25-2)8-7-15(18(17)27-20)24-9-11-26-12-10-24/h3-8H,9-12H2,1-2H3. The van der Waals surface area contributed by atoms with Crippen LogP contribution in [0.15, 0.2) is 36.4 Å². The van der Waals surface area contributed by atoms with Gasteiger partial charge < -0.3 is 18.9 Å². The molecule has 5 rings (SSSR count). The molecule has 1 aliphatic heterocycles. The molecule has 1 saturated heterocycles. The van der Waals surface area contributed by atoms with Crippen LogP contribution in [0.25, 0.3) is 32.1 Å². The predicted molar refractivity (Wildman–Crippen MR) is 109 cm³/mol. The second kappa shape index (κ2) is 6.51. The molecule has 1 aliphatic rings. The van der Waals surface area contributed by atoms with Gasteiger partial charge in [0.15, 0.2) is 10.8 Å². The van der Waals surface area contributed by atoms with Crippen molar-refractivity contribution in [1.29, 1.82) is 0 Å². The van der Waals surface area contributed by atoms with Crippen molar-refractivity contribution in [3.63, 3.8) is 0 Å². The van der Waals surface area contributed by atoms with Crippen molar-refractivity contribution in [3.05, 3.63) is 36.4 Å². The third-order valence-electron chi connectivity index (χ3n) is 5.04. The van der Waals surface area contributed by atoms with E-state index in [9.17, 15) is 0 Å². The topological polar surface area (TPSA) is 52.4 Å². The van der Waals surface area contributed by atoms with Crippen molar-refractivity contribution >= 4 is 38.3 Å². The molecular weight excluding hydrogens is 360 g/mol. The van der Waals surface area contributed by atoms with Gasteiger partial charge in [0.25, 0.3) is 0 Å². The Balaban J connectivity index is 1.70. The number of thiazole rings is 1. The molecule has 6 nitrogen and oxygen atoms in total. The van der Waals surface area contributed by atoms with Gasteiger partial charge in [-0.2, -0.15) is 0 Å². The first-order valence-electron chi connectivity index (χ1n) is 8.98. The summed E-state index contributed by atoms with van der Waals surface area (Å²) in [7, 11) is 3.73. The Morgan fingerprint density at radius 1 is 1.07 bits per heavy atom. The van der Waals surface area contributed by atoms with Crippen LogP contribution in [0, 0.1) is 0 Å². The van der Waals surface area contributed by atoms with Crippen molar-refractivity contribution in [3.8, 4) is 16.6 Å². The molecular formula is C20H20N4O2S. The highest BCUT2D eigenvalue weighted by Crippen LogP contribution is 2.41. The van der Waals surface area contributed by atoms with Crippen molar-refractivity contribution < 1.29 is 9.47 Å². The van der Waals surface area contributed by atoms with Gasteiger partial charge in [-0.15, -0.1) is 11.3 Å². The minimum absolute atomic E-state index is 0.754. The zero-order valence-corrected chi connectivity index (χ0v) is 16.1. The Hall–Kier alpha value is -2.64. The number of para-hydroxylation sites is 2. The molecule has 2 aromatic heterocycles. The van der Waals surface area contributed by atoms with Crippen LogP contribution in [0.4, 0.5) is 5.69 Å². The van der Waals surface area contributed by atoms with E-state index in [2.05, 4.69) is 21.6 Å². The van der Waals surface area contributed by atoms with Gasteiger partial charge in [-0.25, -0.2) is 9.97 Å². The number of aryl methyl sites for hydroxylation is 1. The molecule has 138 valence electrons. The number of methoxy groups -OCH3 is 1. The van der Waals surface area contributed by atoms with Gasteiger partial charge in [0.1, 0.15) is 11.3 Å². The quantitative estimate of drug-likeness (QED) is 0.542. The lowest BCUT2D eigenvalue weighted by Gasteiger charge is -2.29. The molecule has 1 fully saturated rings. The number of hydrogen-bond acceptors (Lipinski definition) is 6. The predicted octanol–water partition coefficient (Wildman–Crippen LogP) is 3.70. The fourth-order valence-corrected chi connectivity index (χ4v) is 4.77. The van der Waals surface area contributed by atoms with Crippen LogP contribution in [-0.2, 0) is 11.8 Å². The second-order valence-corrected chi connectivity index (χ2v) is 7.57. The Morgan fingerprint density at radius 3 is 2.67 bits per heavy atom. The lowest BCUT2D eigenvalue weighted by atomic mass is 10.2. The van der Waals surface area contributed by atoms with E-state index in [0.29, 0.717) is 0 Å². The average molecular weight is 380 g/mol. The van der Waals surface area contributed by atoms with Crippen LogP contribution in [0.5, 0.6) is 5.75 Å². The van der Waals surface area contributed by atoms with Crippen LogP contribution in [0.2, 0.25) is 0 Å². The first kappa shape index (κ1) is 16.5. The number of benzene rings is 2. The molecule has 0 N–H and O–H groups in total. The summed E-state index contributed by atoms with van der Waals surface area (Å²) in [6.07, 6.45) is 0. The Bertz CT molecular complexity index is 1130. The summed E-state index contributed by atoms with van der Waals surface area (Å²) in [5, 5.41) is 0.905. The van der Waals surface area contributed by atoms with E-state index in [4.69, 9.17) is 19.4 Å². The number of hydrogen-bond donors (Lipinski definition) is 0. The Morgan fingerprint density at radius 2 is 1.89 bits per heavy atom. The van der Waals surface area contributed by atoms with Gasteiger partial charge in [-0.1, -0.05) is 12.1 Å². The minimum atomic E-state index is 0.754. The lowest BCUT2D eigenvalue weighted by Crippen LogP contribution is -2.36. The molecule has 0 amide bonds. The maximum absolute atomic E-state index is 5.58. The van der Waals surface area contributed by atoms with Crippen molar-refractivity contribution in [2.24, 2.45) is 7.05 Å². The highest BCUT2D eigenvalue weighted by atomic mass is 32.1. The van der Waals surface area contributed by atoms with Crippen LogP contribution >= 0.6 is 11.3 Å². The molecule has 7 heteroatoms. The third-order valence-corrected chi connectivity index (χ3v) is 6.11. The van der Waals surface area contributed by atoms with Gasteiger partial charge in [-0.3, -0.25) is 0 Å². The summed E-state index contributed by atoms with van der Waals surface area (Å²) in [6, 6.07) is 12.3. The highest BCUT2D eigenvalue weighted by Gasteiger charge is 2.21. The number of ether oxygens (including phenoxy) is 2. The summed E-state index contributed by atoms with van der Waals surface area (Å²) in [5.74, 6) is 1.68. The summed E-state index contributed by atoms with van der Waals surface area (Å²) in [4.78, 5) is 12.1. The van der Waals surface area contributed by atoms with E-state index in [0.717, 1.165) is 64.1 Å². The summed E-state index contributed by atoms with van der Waals surface area (Å²) in [5.41, 5.74) is 4.17. The van der Waals surface area contributed by atoms with Gasteiger partial charge in [0.2, 0.25) is 0 Å². The number of imidazole rings is 1. The number of anilines is 1. The number of nitrogens with zero attached hydrogens (tertiary/aromatic N) is 4. The maximum Gasteiger partial charge on any atom is 0.170 e. The SMILES string of the molecule is COc1ccc(N2CCOCC2)c2sc(-c3nc4ccccc4n3C)nc12. The molecule has 0 saturated carbocycles. The molecule has 3 heterocycles. The van der Waals surface area contributed by atoms with Gasteiger partial charge in [0, 0.05) is 20.1 Å². The van der Waals surface area contributed by atoms with E-state index in [1.165, 1.54) is 5.69 Å². The largest absolute Gasteiger partial charge is 0.494 e. The first-order chi connectivity index (χ1) is 13.3. The molecule has 0 unspecified atom stereocenters. The molecule has 0 spiro atoms. The maximum atomic E-state index is 5.58. The molecule has 0 aliphatic carbocycles. The van der Waals surface area contributed by atoms with Gasteiger partial charge in [-0.05, 0) is 24.3 Å². The fourth-order valence-electron chi connectivity index (χ4n) is 3.62. The Kier molecular flexibility index (Phi) is 3.98. The summed E-state index contributed by atoms with van der Waals surface area (Å²) < 4.78 is 14.3. The van der Waals surface area contributed by atoms with Crippen molar-refractivity contribution in [2.75, 3.05) is 38.3 Å². The minimum Gasteiger partial charge on any atom is -0.494 e. The van der Waals surface area contributed by atoms with Crippen LogP contribution < -0.4 is 9.64 Å². The molecule has 2 aromatic carbocycles. The first-order valence-corrected chi connectivity index (χ1v) is 9.80. The van der Waals surface area contributed by atoms with Crippen LogP contribution in [0.3, 0.4) is 0 Å². The van der Waals surface area contributed by atoms with Crippen LogP contribution in [-0.4, -0.2) is 47.9 Å². The second-order valence-electron chi connectivity index (χ2n) is 6.57. The van der Waals surface area contributed by atoms with Crippen molar-refractivity contribution in [1.82, 2.24) is 14.5 Å². The van der Waals surface area contributed by atoms with E-state index >= 15 is 0 Å². The Labute approximate surface area is 161 Å². The zero-order chi connectivity index (χ0) is 18.4. The van der Waals surface area contributed by atoms with Crippen molar-refractivity contribution in [2.45, 2.75) is 0 Å². The molecule has 0 radical (unpaired) electrons. The van der Waals surface area contributed by atoms with Gasteiger partial charge in [0.05, 0.1) is 41.7 Å². The third kappa shape index (κ3) is 2.65. The van der Waals surface area contributed by atoms with E-state index in [-0.39, 0.29) is 0 Å². The number of morpholine rings is 1. The lowest BCUT2D eigenvalue weighted by molar-refractivity contribution is 0.123. The monoisotopic (exact) mass is 380 g/mol. The smallest absolute Gasteiger partial charge is 0.170 e. The normalized spacial score (nSPS) is 15.0. The number of aromatic nitrogens is 3. The number of rotatable bonds is 3. The zero-order valence-electron chi connectivity index (χ0n) is 15.3. The number of fused-ring (bicyclic) bond motifs is 2. The van der Waals surface area contributed by atoms with Gasteiger partial charge >= 0.3 is 0 Å². The molecule has 27 heavy (non-hydrogen) atoms. The molecule has 0 atom stereocenters. The average Bonchev–Trinajstić information content (AvgIpc) is 3.30. The summed E-state index contributed by atoms with van der Waals surface area (Å²) >= 11 is 1.67. The molecule has 0 bridgehead atoms. The van der Waals surface area contributed by atoms with E-state index < -0.39 is 0 Å². The van der Waals surface area contributed by atoms with E-state index in [1.807, 2.05) is 31.3 Å². The van der Waals surface area contributed by atoms with E-state index in [1.54, 1.807) is 18.4 Å². The van der Waals surface area contributed by atoms with Crippen LogP contribution in [0.1, 0.15) is 0 Å². The fraction of sp³-hybridized carbons (Fsp3) is 0.300. The summed E-state index contributed by atoms with van der Waals surface area (Å²) in [6.45, 7) is 3.29. The molecule has 4 aromatic rings.